The topological polar surface area (TPSA) is 92.2 Å². The normalized spacial score (nSPS) is 13.1. The second-order valence-electron chi connectivity index (χ2n) is 3.40. The van der Waals surface area contributed by atoms with Crippen LogP contribution in [0.1, 0.15) is 18.4 Å². The van der Waals surface area contributed by atoms with Gasteiger partial charge in [-0.3, -0.25) is 9.59 Å². The van der Waals surface area contributed by atoms with Crippen molar-refractivity contribution in [2.45, 2.75) is 19.5 Å². The first-order valence-electron chi connectivity index (χ1n) is 4.63. The Kier molecular flexibility index (Phi) is 4.22. The first-order chi connectivity index (χ1) is 8.20. The summed E-state index contributed by atoms with van der Waals surface area (Å²) in [6.07, 6.45) is -4.97. The molecule has 0 spiro atoms. The first-order valence-corrected chi connectivity index (χ1v) is 5.45. The van der Waals surface area contributed by atoms with Crippen molar-refractivity contribution in [2.75, 3.05) is 5.32 Å². The molecule has 1 aromatic heterocycles. The minimum Gasteiger partial charge on any atom is -0.481 e. The van der Waals surface area contributed by atoms with Crippen LogP contribution in [0.15, 0.2) is 0 Å². The van der Waals surface area contributed by atoms with Crippen molar-refractivity contribution < 1.29 is 27.9 Å². The molecule has 100 valence electrons. The van der Waals surface area contributed by atoms with Crippen molar-refractivity contribution in [3.63, 3.8) is 0 Å². The third-order valence-corrected chi connectivity index (χ3v) is 2.71. The maximum atomic E-state index is 12.2. The zero-order valence-electron chi connectivity index (χ0n) is 8.98. The molecule has 0 aliphatic rings. The van der Waals surface area contributed by atoms with E-state index in [2.05, 4.69) is 15.5 Å². The van der Waals surface area contributed by atoms with E-state index in [-0.39, 0.29) is 22.9 Å². The van der Waals surface area contributed by atoms with E-state index in [0.29, 0.717) is 0 Å². The number of amides is 1. The van der Waals surface area contributed by atoms with Gasteiger partial charge in [-0.25, -0.2) is 0 Å². The van der Waals surface area contributed by atoms with Gasteiger partial charge in [-0.1, -0.05) is 18.3 Å². The van der Waals surface area contributed by atoms with Gasteiger partial charge in [0.25, 0.3) is 0 Å². The molecule has 2 N–H and O–H groups in total. The molecular formula is C8H8F3N3O3S. The van der Waals surface area contributed by atoms with Crippen molar-refractivity contribution in [2.24, 2.45) is 5.92 Å². The summed E-state index contributed by atoms with van der Waals surface area (Å²) in [7, 11) is 0. The van der Waals surface area contributed by atoms with Crippen molar-refractivity contribution in [1.82, 2.24) is 10.2 Å². The standard InChI is InChI=1S/C8H8F3N3O3S/c1-3(5(16)17)2-4(15)12-7-14-13-6(18-7)8(9,10)11/h3H,2H2,1H3,(H,16,17)(H,12,14,15). The Balaban J connectivity index is 2.60. The molecule has 1 unspecified atom stereocenters. The number of aromatic nitrogens is 2. The molecule has 1 atom stereocenters. The van der Waals surface area contributed by atoms with Crippen molar-refractivity contribution in [1.29, 1.82) is 0 Å². The van der Waals surface area contributed by atoms with Gasteiger partial charge in [0.1, 0.15) is 0 Å². The number of carbonyl (C=O) groups excluding carboxylic acids is 1. The van der Waals surface area contributed by atoms with Crippen molar-refractivity contribution in [3.8, 4) is 0 Å². The molecule has 18 heavy (non-hydrogen) atoms. The summed E-state index contributed by atoms with van der Waals surface area (Å²) in [5.74, 6) is -2.83. The molecule has 0 saturated heterocycles. The van der Waals surface area contributed by atoms with Crippen molar-refractivity contribution in [3.05, 3.63) is 5.01 Å². The van der Waals surface area contributed by atoms with Crippen LogP contribution in [0, 0.1) is 5.92 Å². The van der Waals surface area contributed by atoms with Crippen LogP contribution in [-0.2, 0) is 15.8 Å². The summed E-state index contributed by atoms with van der Waals surface area (Å²) < 4.78 is 36.5. The molecule has 0 bridgehead atoms. The lowest BCUT2D eigenvalue weighted by molar-refractivity contribution is -0.142. The molecule has 0 saturated carbocycles. The number of aliphatic carboxylic acids is 1. The SMILES string of the molecule is CC(CC(=O)Nc1nnc(C(F)(F)F)s1)C(=O)O. The van der Waals surface area contributed by atoms with E-state index >= 15 is 0 Å². The second kappa shape index (κ2) is 5.29. The minimum absolute atomic E-state index is 0.177. The highest BCUT2D eigenvalue weighted by Gasteiger charge is 2.35. The smallest absolute Gasteiger partial charge is 0.445 e. The van der Waals surface area contributed by atoms with Crippen LogP contribution in [0.25, 0.3) is 0 Å². The van der Waals surface area contributed by atoms with E-state index in [1.807, 2.05) is 0 Å². The molecule has 6 nitrogen and oxygen atoms in total. The zero-order valence-corrected chi connectivity index (χ0v) is 9.80. The summed E-state index contributed by atoms with van der Waals surface area (Å²) in [6.45, 7) is 1.31. The molecule has 0 fully saturated rings. The van der Waals surface area contributed by atoms with Crippen molar-refractivity contribution >= 4 is 28.3 Å². The van der Waals surface area contributed by atoms with Gasteiger partial charge in [-0.2, -0.15) is 13.2 Å². The maximum Gasteiger partial charge on any atom is 0.445 e. The molecule has 0 aromatic carbocycles. The van der Waals surface area contributed by atoms with E-state index in [0.717, 1.165) is 0 Å². The van der Waals surface area contributed by atoms with Gasteiger partial charge in [-0.15, -0.1) is 10.2 Å². The van der Waals surface area contributed by atoms with E-state index in [1.165, 1.54) is 6.92 Å². The molecule has 1 rings (SSSR count). The molecule has 10 heteroatoms. The number of carbonyl (C=O) groups is 2. The lowest BCUT2D eigenvalue weighted by atomic mass is 10.1. The third kappa shape index (κ3) is 3.95. The number of hydrogen-bond acceptors (Lipinski definition) is 5. The molecular weight excluding hydrogens is 275 g/mol. The van der Waals surface area contributed by atoms with Crippen LogP contribution in [0.5, 0.6) is 0 Å². The highest BCUT2D eigenvalue weighted by atomic mass is 32.1. The number of anilines is 1. The lowest BCUT2D eigenvalue weighted by Crippen LogP contribution is -2.19. The van der Waals surface area contributed by atoms with Gasteiger partial charge in [0.2, 0.25) is 16.0 Å². The number of rotatable bonds is 4. The van der Waals surface area contributed by atoms with Gasteiger partial charge in [0, 0.05) is 6.42 Å². The number of halogens is 3. The van der Waals surface area contributed by atoms with Crippen LogP contribution in [0.4, 0.5) is 18.3 Å². The summed E-state index contributed by atoms with van der Waals surface area (Å²) in [4.78, 5) is 21.7. The summed E-state index contributed by atoms with van der Waals surface area (Å²) in [5.41, 5.74) is 0. The Hall–Kier alpha value is -1.71. The van der Waals surface area contributed by atoms with E-state index in [4.69, 9.17) is 5.11 Å². The highest BCUT2D eigenvalue weighted by molar-refractivity contribution is 7.15. The molecule has 0 radical (unpaired) electrons. The van der Waals surface area contributed by atoms with Gasteiger partial charge in [0.15, 0.2) is 0 Å². The van der Waals surface area contributed by atoms with Gasteiger partial charge in [-0.05, 0) is 0 Å². The Morgan fingerprint density at radius 1 is 1.44 bits per heavy atom. The number of hydrogen-bond donors (Lipinski definition) is 2. The third-order valence-electron chi connectivity index (χ3n) is 1.83. The van der Waals surface area contributed by atoms with Crippen LogP contribution < -0.4 is 5.32 Å². The van der Waals surface area contributed by atoms with Crippen LogP contribution in [-0.4, -0.2) is 27.2 Å². The van der Waals surface area contributed by atoms with Gasteiger partial charge >= 0.3 is 12.1 Å². The number of carboxylic acids is 1. The molecule has 1 amide bonds. The van der Waals surface area contributed by atoms with Gasteiger partial charge < -0.3 is 10.4 Å². The number of alkyl halides is 3. The number of carboxylic acid groups (broad SMARTS) is 1. The fraction of sp³-hybridized carbons (Fsp3) is 0.500. The summed E-state index contributed by atoms with van der Waals surface area (Å²) >= 11 is 0.177. The second-order valence-corrected chi connectivity index (χ2v) is 4.38. The lowest BCUT2D eigenvalue weighted by Gasteiger charge is -2.04. The minimum atomic E-state index is -4.62. The molecule has 0 aliphatic carbocycles. The fourth-order valence-electron chi connectivity index (χ4n) is 0.924. The first kappa shape index (κ1) is 14.4. The monoisotopic (exact) mass is 283 g/mol. The Labute approximate surface area is 103 Å². The molecule has 1 heterocycles. The predicted octanol–water partition coefficient (Wildman–Crippen LogP) is 1.61. The average Bonchev–Trinajstić information content (AvgIpc) is 2.64. The van der Waals surface area contributed by atoms with Crippen LogP contribution in [0.2, 0.25) is 0 Å². The predicted molar refractivity (Wildman–Crippen MR) is 55.0 cm³/mol. The zero-order chi connectivity index (χ0) is 13.9. The summed E-state index contributed by atoms with van der Waals surface area (Å²) in [5, 5.41) is 15.1. The number of nitrogens with zero attached hydrogens (tertiary/aromatic N) is 2. The van der Waals surface area contributed by atoms with E-state index in [9.17, 15) is 22.8 Å². The molecule has 0 aliphatic heterocycles. The fourth-order valence-corrected chi connectivity index (χ4v) is 1.55. The number of nitrogens with one attached hydrogen (secondary N) is 1. The van der Waals surface area contributed by atoms with Gasteiger partial charge in [0.05, 0.1) is 5.92 Å². The Bertz CT molecular complexity index is 460. The average molecular weight is 283 g/mol. The van der Waals surface area contributed by atoms with Crippen LogP contribution >= 0.6 is 11.3 Å². The highest BCUT2D eigenvalue weighted by Crippen LogP contribution is 2.32. The largest absolute Gasteiger partial charge is 0.481 e. The van der Waals surface area contributed by atoms with E-state index in [1.54, 1.807) is 0 Å². The van der Waals surface area contributed by atoms with E-state index < -0.39 is 29.0 Å². The summed E-state index contributed by atoms with van der Waals surface area (Å²) in [6, 6.07) is 0. The maximum absolute atomic E-state index is 12.2. The Morgan fingerprint density at radius 3 is 2.50 bits per heavy atom. The van der Waals surface area contributed by atoms with Crippen LogP contribution in [0.3, 0.4) is 0 Å². The molecule has 1 aromatic rings. The Morgan fingerprint density at radius 2 is 2.06 bits per heavy atom. The quantitative estimate of drug-likeness (QED) is 0.875.